The molecule has 0 heterocycles. The van der Waals surface area contributed by atoms with Crippen molar-refractivity contribution in [2.24, 2.45) is 0 Å². The molecule has 23 heavy (non-hydrogen) atoms. The van der Waals surface area contributed by atoms with E-state index in [0.717, 1.165) is 24.9 Å². The molecule has 0 spiro atoms. The highest BCUT2D eigenvalue weighted by Gasteiger charge is 2.14. The molecule has 6 heteroatoms. The SMILES string of the molecule is O=C(CCCNc1ccc([N+](=O)[O-])cc1)NC1CCCCCC1. The van der Waals surface area contributed by atoms with Gasteiger partial charge in [-0.25, -0.2) is 0 Å². The first-order chi connectivity index (χ1) is 11.1. The van der Waals surface area contributed by atoms with Gasteiger partial charge in [-0.15, -0.1) is 0 Å². The summed E-state index contributed by atoms with van der Waals surface area (Å²) in [6, 6.07) is 6.67. The van der Waals surface area contributed by atoms with Crippen molar-refractivity contribution in [1.29, 1.82) is 0 Å². The highest BCUT2D eigenvalue weighted by molar-refractivity contribution is 5.76. The van der Waals surface area contributed by atoms with Gasteiger partial charge in [-0.05, 0) is 31.4 Å². The van der Waals surface area contributed by atoms with E-state index in [-0.39, 0.29) is 11.6 Å². The zero-order valence-corrected chi connectivity index (χ0v) is 13.4. The molecule has 0 atom stereocenters. The number of nitrogens with zero attached hydrogens (tertiary/aromatic N) is 1. The predicted octanol–water partition coefficient (Wildman–Crippen LogP) is 3.63. The van der Waals surface area contributed by atoms with Gasteiger partial charge in [-0.1, -0.05) is 25.7 Å². The zero-order valence-electron chi connectivity index (χ0n) is 13.4. The van der Waals surface area contributed by atoms with Crippen molar-refractivity contribution in [3.8, 4) is 0 Å². The maximum Gasteiger partial charge on any atom is 0.269 e. The number of rotatable bonds is 7. The third-order valence-corrected chi connectivity index (χ3v) is 4.21. The molecule has 1 fully saturated rings. The van der Waals surface area contributed by atoms with E-state index in [0.29, 0.717) is 19.0 Å². The van der Waals surface area contributed by atoms with E-state index in [9.17, 15) is 14.9 Å². The Labute approximate surface area is 136 Å². The fourth-order valence-electron chi connectivity index (χ4n) is 2.91. The van der Waals surface area contributed by atoms with E-state index >= 15 is 0 Å². The molecule has 0 aromatic heterocycles. The number of nitro benzene ring substituents is 1. The van der Waals surface area contributed by atoms with E-state index in [1.165, 1.54) is 37.8 Å². The summed E-state index contributed by atoms with van der Waals surface area (Å²) in [7, 11) is 0. The minimum atomic E-state index is -0.415. The summed E-state index contributed by atoms with van der Waals surface area (Å²) in [5.74, 6) is 0.127. The van der Waals surface area contributed by atoms with Crippen LogP contribution in [0.3, 0.4) is 0 Å². The molecule has 2 N–H and O–H groups in total. The first-order valence-corrected chi connectivity index (χ1v) is 8.43. The molecule has 126 valence electrons. The summed E-state index contributed by atoms with van der Waals surface area (Å²) in [5, 5.41) is 16.9. The van der Waals surface area contributed by atoms with Crippen LogP contribution in [0.5, 0.6) is 0 Å². The largest absolute Gasteiger partial charge is 0.385 e. The van der Waals surface area contributed by atoms with Crippen LogP contribution in [0.25, 0.3) is 0 Å². The Morgan fingerprint density at radius 3 is 2.39 bits per heavy atom. The molecule has 1 amide bonds. The fourth-order valence-corrected chi connectivity index (χ4v) is 2.91. The van der Waals surface area contributed by atoms with Crippen LogP contribution >= 0.6 is 0 Å². The molecular formula is C17H25N3O3. The summed E-state index contributed by atoms with van der Waals surface area (Å²) in [6.45, 7) is 0.676. The van der Waals surface area contributed by atoms with E-state index in [1.807, 2.05) is 0 Å². The van der Waals surface area contributed by atoms with Gasteiger partial charge in [0.2, 0.25) is 5.91 Å². The maximum absolute atomic E-state index is 11.9. The Morgan fingerprint density at radius 2 is 1.78 bits per heavy atom. The number of nitro groups is 1. The number of carbonyl (C=O) groups is 1. The first kappa shape index (κ1) is 17.2. The summed E-state index contributed by atoms with van der Waals surface area (Å²) >= 11 is 0. The number of hydrogen-bond donors (Lipinski definition) is 2. The van der Waals surface area contributed by atoms with E-state index in [1.54, 1.807) is 12.1 Å². The van der Waals surface area contributed by atoms with Crippen molar-refractivity contribution < 1.29 is 9.72 Å². The maximum atomic E-state index is 11.9. The molecule has 0 saturated heterocycles. The fraction of sp³-hybridized carbons (Fsp3) is 0.588. The molecule has 1 saturated carbocycles. The van der Waals surface area contributed by atoms with Crippen LogP contribution in [0, 0.1) is 10.1 Å². The first-order valence-electron chi connectivity index (χ1n) is 8.43. The van der Waals surface area contributed by atoms with Gasteiger partial charge in [-0.2, -0.15) is 0 Å². The lowest BCUT2D eigenvalue weighted by Gasteiger charge is -2.16. The quantitative estimate of drug-likeness (QED) is 0.348. The van der Waals surface area contributed by atoms with Crippen molar-refractivity contribution in [2.45, 2.75) is 57.4 Å². The summed E-state index contributed by atoms with van der Waals surface area (Å²) in [6.07, 6.45) is 8.46. The number of carbonyl (C=O) groups excluding carboxylic acids is 1. The second kappa shape index (κ2) is 9.12. The number of benzene rings is 1. The predicted molar refractivity (Wildman–Crippen MR) is 90.5 cm³/mol. The van der Waals surface area contributed by atoms with Crippen LogP contribution in [0.4, 0.5) is 11.4 Å². The minimum Gasteiger partial charge on any atom is -0.385 e. The smallest absolute Gasteiger partial charge is 0.269 e. The number of nitrogens with one attached hydrogen (secondary N) is 2. The van der Waals surface area contributed by atoms with Crippen LogP contribution < -0.4 is 10.6 Å². The van der Waals surface area contributed by atoms with Gasteiger partial charge in [0.05, 0.1) is 4.92 Å². The van der Waals surface area contributed by atoms with Gasteiger partial charge in [-0.3, -0.25) is 14.9 Å². The second-order valence-electron chi connectivity index (χ2n) is 6.09. The summed E-state index contributed by atoms with van der Waals surface area (Å²) < 4.78 is 0. The molecule has 1 aromatic carbocycles. The normalized spacial score (nSPS) is 15.7. The third kappa shape index (κ3) is 6.26. The van der Waals surface area contributed by atoms with Crippen molar-refractivity contribution in [3.63, 3.8) is 0 Å². The lowest BCUT2D eigenvalue weighted by atomic mass is 10.1. The second-order valence-corrected chi connectivity index (χ2v) is 6.09. The van der Waals surface area contributed by atoms with Crippen LogP contribution in [0.1, 0.15) is 51.4 Å². The number of hydrogen-bond acceptors (Lipinski definition) is 4. The van der Waals surface area contributed by atoms with Gasteiger partial charge in [0.15, 0.2) is 0 Å². The molecule has 2 rings (SSSR count). The molecule has 0 bridgehead atoms. The standard InChI is InChI=1S/C17H25N3O3/c21-17(19-15-6-3-1-2-4-7-15)8-5-13-18-14-9-11-16(12-10-14)20(22)23/h9-12,15,18H,1-8,13H2,(H,19,21). The molecule has 1 aliphatic rings. The molecule has 6 nitrogen and oxygen atoms in total. The minimum absolute atomic E-state index is 0.0818. The highest BCUT2D eigenvalue weighted by Crippen LogP contribution is 2.17. The Bertz CT molecular complexity index is 508. The average molecular weight is 319 g/mol. The lowest BCUT2D eigenvalue weighted by molar-refractivity contribution is -0.384. The topological polar surface area (TPSA) is 84.3 Å². The monoisotopic (exact) mass is 319 g/mol. The zero-order chi connectivity index (χ0) is 16.5. The molecule has 1 aliphatic carbocycles. The van der Waals surface area contributed by atoms with Crippen LogP contribution in [0.15, 0.2) is 24.3 Å². The number of anilines is 1. The average Bonchev–Trinajstić information content (AvgIpc) is 2.80. The number of amides is 1. The van der Waals surface area contributed by atoms with Gasteiger partial charge >= 0.3 is 0 Å². The summed E-state index contributed by atoms with van der Waals surface area (Å²) in [4.78, 5) is 22.1. The summed E-state index contributed by atoms with van der Waals surface area (Å²) in [5.41, 5.74) is 0.915. The van der Waals surface area contributed by atoms with Crippen molar-refractivity contribution in [3.05, 3.63) is 34.4 Å². The van der Waals surface area contributed by atoms with Crippen molar-refractivity contribution in [1.82, 2.24) is 5.32 Å². The number of non-ortho nitro benzene ring substituents is 1. The van der Waals surface area contributed by atoms with Crippen LogP contribution in [0.2, 0.25) is 0 Å². The van der Waals surface area contributed by atoms with Crippen molar-refractivity contribution >= 4 is 17.3 Å². The Balaban J connectivity index is 1.62. The molecule has 0 aliphatic heterocycles. The highest BCUT2D eigenvalue weighted by atomic mass is 16.6. The Hall–Kier alpha value is -2.11. The lowest BCUT2D eigenvalue weighted by Crippen LogP contribution is -2.34. The van der Waals surface area contributed by atoms with Gasteiger partial charge in [0, 0.05) is 36.8 Å². The van der Waals surface area contributed by atoms with Gasteiger partial charge < -0.3 is 10.6 Å². The molecule has 1 aromatic rings. The Morgan fingerprint density at radius 1 is 1.13 bits per heavy atom. The van der Waals surface area contributed by atoms with E-state index < -0.39 is 4.92 Å². The van der Waals surface area contributed by atoms with Crippen molar-refractivity contribution in [2.75, 3.05) is 11.9 Å². The molecule has 0 unspecified atom stereocenters. The van der Waals surface area contributed by atoms with Gasteiger partial charge in [0.1, 0.15) is 0 Å². The third-order valence-electron chi connectivity index (χ3n) is 4.21. The molecular weight excluding hydrogens is 294 g/mol. The van der Waals surface area contributed by atoms with Crippen LogP contribution in [-0.4, -0.2) is 23.4 Å². The Kier molecular flexibility index (Phi) is 6.84. The van der Waals surface area contributed by atoms with E-state index in [4.69, 9.17) is 0 Å². The van der Waals surface area contributed by atoms with E-state index in [2.05, 4.69) is 10.6 Å². The molecule has 0 radical (unpaired) electrons. The van der Waals surface area contributed by atoms with Crippen LogP contribution in [-0.2, 0) is 4.79 Å². The van der Waals surface area contributed by atoms with Gasteiger partial charge in [0.25, 0.3) is 5.69 Å².